The minimum Gasteiger partial charge on any atom is -0.308 e. The van der Waals surface area contributed by atoms with Crippen molar-refractivity contribution in [2.24, 2.45) is 7.05 Å². The number of carbonyl (C=O) groups is 1. The van der Waals surface area contributed by atoms with Crippen LogP contribution in [0.15, 0.2) is 66.9 Å². The average molecular weight is 357 g/mol. The average Bonchev–Trinajstić information content (AvgIpc) is 3.03. The van der Waals surface area contributed by atoms with Gasteiger partial charge in [-0.15, -0.1) is 0 Å². The lowest BCUT2D eigenvalue weighted by atomic mass is 10.0. The predicted molar refractivity (Wildman–Crippen MR) is 108 cm³/mol. The Morgan fingerprint density at radius 2 is 1.63 bits per heavy atom. The molecule has 2 amide bonds. The van der Waals surface area contributed by atoms with E-state index in [0.717, 1.165) is 39.2 Å². The summed E-state index contributed by atoms with van der Waals surface area (Å²) in [5.74, 6) is 0. The predicted octanol–water partition coefficient (Wildman–Crippen LogP) is 4.59. The highest BCUT2D eigenvalue weighted by Crippen LogP contribution is 2.29. The molecule has 0 aliphatic carbocycles. The van der Waals surface area contributed by atoms with Gasteiger partial charge in [0.15, 0.2) is 5.65 Å². The largest absolute Gasteiger partial charge is 0.323 e. The molecule has 4 rings (SSSR count). The van der Waals surface area contributed by atoms with Gasteiger partial charge in [-0.25, -0.2) is 9.78 Å². The van der Waals surface area contributed by atoms with Crippen LogP contribution in [-0.4, -0.2) is 20.8 Å². The van der Waals surface area contributed by atoms with Crippen LogP contribution in [0, 0.1) is 6.92 Å². The first kappa shape index (κ1) is 16.8. The summed E-state index contributed by atoms with van der Waals surface area (Å²) in [7, 11) is 1.89. The molecule has 0 saturated heterocycles. The lowest BCUT2D eigenvalue weighted by molar-refractivity contribution is 0.262. The summed E-state index contributed by atoms with van der Waals surface area (Å²) in [5.41, 5.74) is 5.39. The summed E-state index contributed by atoms with van der Waals surface area (Å²) in [6.45, 7) is 1.97. The third kappa shape index (κ3) is 3.50. The second-order valence-corrected chi connectivity index (χ2v) is 6.34. The Balaban J connectivity index is 1.55. The van der Waals surface area contributed by atoms with Gasteiger partial charge < -0.3 is 10.6 Å². The first-order valence-electron chi connectivity index (χ1n) is 8.63. The Hall–Kier alpha value is -3.67. The number of anilines is 2. The summed E-state index contributed by atoms with van der Waals surface area (Å²) < 4.78 is 1.77. The summed E-state index contributed by atoms with van der Waals surface area (Å²) in [6, 6.07) is 18.9. The van der Waals surface area contributed by atoms with Gasteiger partial charge in [0.25, 0.3) is 0 Å². The molecule has 0 fully saturated rings. The molecule has 6 nitrogen and oxygen atoms in total. The SMILES string of the molecule is Cc1cc(-c2ccc(NC(=O)Nc3ccccc3)cc2)c2cnn(C)c2n1. The van der Waals surface area contributed by atoms with Crippen LogP contribution >= 0.6 is 0 Å². The highest BCUT2D eigenvalue weighted by molar-refractivity contribution is 6.00. The Morgan fingerprint density at radius 3 is 2.33 bits per heavy atom. The summed E-state index contributed by atoms with van der Waals surface area (Å²) in [5, 5.41) is 11.0. The van der Waals surface area contributed by atoms with Crippen molar-refractivity contribution >= 4 is 28.4 Å². The van der Waals surface area contributed by atoms with Crippen molar-refractivity contribution in [3.05, 3.63) is 72.6 Å². The first-order chi connectivity index (χ1) is 13.1. The number of nitrogens with zero attached hydrogens (tertiary/aromatic N) is 3. The number of aryl methyl sites for hydroxylation is 2. The number of fused-ring (bicyclic) bond motifs is 1. The van der Waals surface area contributed by atoms with Crippen molar-refractivity contribution in [3.8, 4) is 11.1 Å². The fourth-order valence-electron chi connectivity index (χ4n) is 3.03. The molecule has 2 N–H and O–H groups in total. The smallest absolute Gasteiger partial charge is 0.308 e. The molecule has 134 valence electrons. The van der Waals surface area contributed by atoms with Crippen molar-refractivity contribution < 1.29 is 4.79 Å². The Morgan fingerprint density at radius 1 is 0.963 bits per heavy atom. The lowest BCUT2D eigenvalue weighted by Gasteiger charge is -2.09. The van der Waals surface area contributed by atoms with Gasteiger partial charge in [-0.2, -0.15) is 5.10 Å². The van der Waals surface area contributed by atoms with E-state index in [1.54, 1.807) is 4.68 Å². The normalized spacial score (nSPS) is 10.7. The van der Waals surface area contributed by atoms with Crippen LogP contribution in [0.5, 0.6) is 0 Å². The van der Waals surface area contributed by atoms with Crippen molar-refractivity contribution in [2.75, 3.05) is 10.6 Å². The van der Waals surface area contributed by atoms with Crippen LogP contribution in [0.4, 0.5) is 16.2 Å². The van der Waals surface area contributed by atoms with Crippen LogP contribution in [0.1, 0.15) is 5.69 Å². The van der Waals surface area contributed by atoms with E-state index in [0.29, 0.717) is 0 Å². The number of pyridine rings is 1. The van der Waals surface area contributed by atoms with E-state index in [9.17, 15) is 4.79 Å². The Bertz CT molecular complexity index is 1100. The molecule has 0 bridgehead atoms. The van der Waals surface area contributed by atoms with E-state index in [-0.39, 0.29) is 6.03 Å². The van der Waals surface area contributed by atoms with E-state index in [4.69, 9.17) is 0 Å². The fourth-order valence-corrected chi connectivity index (χ4v) is 3.03. The van der Waals surface area contributed by atoms with E-state index in [1.165, 1.54) is 0 Å². The van der Waals surface area contributed by atoms with Crippen LogP contribution < -0.4 is 10.6 Å². The second kappa shape index (κ2) is 6.92. The molecule has 0 aliphatic heterocycles. The number of nitrogens with one attached hydrogen (secondary N) is 2. The molecule has 2 aromatic carbocycles. The zero-order valence-electron chi connectivity index (χ0n) is 15.1. The van der Waals surface area contributed by atoms with Gasteiger partial charge in [-0.1, -0.05) is 30.3 Å². The second-order valence-electron chi connectivity index (χ2n) is 6.34. The Labute approximate surface area is 156 Å². The maximum absolute atomic E-state index is 12.1. The summed E-state index contributed by atoms with van der Waals surface area (Å²) in [6.07, 6.45) is 1.83. The molecule has 2 heterocycles. The van der Waals surface area contributed by atoms with Gasteiger partial charge in [0, 0.05) is 29.5 Å². The number of amides is 2. The molecule has 0 aliphatic rings. The highest BCUT2D eigenvalue weighted by atomic mass is 16.2. The molecule has 0 unspecified atom stereocenters. The van der Waals surface area contributed by atoms with Crippen molar-refractivity contribution in [3.63, 3.8) is 0 Å². The van der Waals surface area contributed by atoms with Gasteiger partial charge in [0.05, 0.1) is 6.20 Å². The number of hydrogen-bond acceptors (Lipinski definition) is 3. The number of rotatable bonds is 3. The third-order valence-corrected chi connectivity index (χ3v) is 4.32. The summed E-state index contributed by atoms with van der Waals surface area (Å²) >= 11 is 0. The number of carbonyl (C=O) groups excluding carboxylic acids is 1. The van der Waals surface area contributed by atoms with Crippen LogP contribution in [0.2, 0.25) is 0 Å². The maximum atomic E-state index is 12.1. The standard InChI is InChI=1S/C21H19N5O/c1-14-12-18(19-13-22-26(2)20(19)23-14)15-8-10-17(11-9-15)25-21(27)24-16-6-4-3-5-7-16/h3-13H,1-2H3,(H2,24,25,27). The van der Waals surface area contributed by atoms with Crippen LogP contribution in [-0.2, 0) is 7.05 Å². The van der Waals surface area contributed by atoms with Gasteiger partial charge >= 0.3 is 6.03 Å². The topological polar surface area (TPSA) is 71.8 Å². The van der Waals surface area contributed by atoms with Gasteiger partial charge in [-0.05, 0) is 48.4 Å². The Kier molecular flexibility index (Phi) is 4.30. The molecule has 2 aromatic heterocycles. The highest BCUT2D eigenvalue weighted by Gasteiger charge is 2.10. The lowest BCUT2D eigenvalue weighted by Crippen LogP contribution is -2.19. The third-order valence-electron chi connectivity index (χ3n) is 4.32. The molecule has 0 radical (unpaired) electrons. The van der Waals surface area contributed by atoms with Crippen LogP contribution in [0.3, 0.4) is 0 Å². The number of aromatic nitrogens is 3. The first-order valence-corrected chi connectivity index (χ1v) is 8.63. The summed E-state index contributed by atoms with van der Waals surface area (Å²) in [4.78, 5) is 16.7. The molecule has 4 aromatic rings. The van der Waals surface area contributed by atoms with Gasteiger partial charge in [0.1, 0.15) is 0 Å². The van der Waals surface area contributed by atoms with E-state index >= 15 is 0 Å². The minimum absolute atomic E-state index is 0.275. The molecular weight excluding hydrogens is 338 g/mol. The molecule has 0 spiro atoms. The fraction of sp³-hybridized carbons (Fsp3) is 0.0952. The minimum atomic E-state index is -0.275. The molecule has 6 heteroatoms. The maximum Gasteiger partial charge on any atom is 0.323 e. The monoisotopic (exact) mass is 357 g/mol. The zero-order chi connectivity index (χ0) is 18.8. The zero-order valence-corrected chi connectivity index (χ0v) is 15.1. The van der Waals surface area contributed by atoms with Crippen molar-refractivity contribution in [1.29, 1.82) is 0 Å². The number of hydrogen-bond donors (Lipinski definition) is 2. The number of para-hydroxylation sites is 1. The van der Waals surface area contributed by atoms with E-state index in [1.807, 2.05) is 74.8 Å². The number of urea groups is 1. The van der Waals surface area contributed by atoms with Crippen molar-refractivity contribution in [2.45, 2.75) is 6.92 Å². The van der Waals surface area contributed by atoms with Crippen LogP contribution in [0.25, 0.3) is 22.2 Å². The quantitative estimate of drug-likeness (QED) is 0.563. The van der Waals surface area contributed by atoms with E-state index in [2.05, 4.69) is 26.8 Å². The van der Waals surface area contributed by atoms with Crippen molar-refractivity contribution in [1.82, 2.24) is 14.8 Å². The number of benzene rings is 2. The molecule has 27 heavy (non-hydrogen) atoms. The van der Waals surface area contributed by atoms with E-state index < -0.39 is 0 Å². The molecule has 0 atom stereocenters. The molecule has 0 saturated carbocycles. The van der Waals surface area contributed by atoms with Gasteiger partial charge in [-0.3, -0.25) is 4.68 Å². The van der Waals surface area contributed by atoms with Gasteiger partial charge in [0.2, 0.25) is 0 Å². The molecular formula is C21H19N5O.